The molecule has 164 valence electrons. The number of rotatable bonds is 8. The first-order valence-corrected chi connectivity index (χ1v) is 10.4. The van der Waals surface area contributed by atoms with E-state index in [9.17, 15) is 14.0 Å². The van der Waals surface area contributed by atoms with Crippen LogP contribution in [-0.2, 0) is 0 Å². The lowest BCUT2D eigenvalue weighted by atomic mass is 10.1. The van der Waals surface area contributed by atoms with Crippen molar-refractivity contribution in [2.45, 2.75) is 13.8 Å². The Bertz CT molecular complexity index is 1070. The van der Waals surface area contributed by atoms with Gasteiger partial charge in [0.2, 0.25) is 0 Å². The molecule has 0 aliphatic heterocycles. The van der Waals surface area contributed by atoms with Crippen LogP contribution in [-0.4, -0.2) is 31.1 Å². The van der Waals surface area contributed by atoms with Crippen molar-refractivity contribution in [2.24, 2.45) is 5.10 Å². The van der Waals surface area contributed by atoms with Crippen LogP contribution in [0.3, 0.4) is 0 Å². The standard InChI is InChI=1S/C25H25FN4O2/c1-3-30(4-2)23-15-5-18(6-16-23)17-27-29-25(32)20-9-13-22(14-10-20)28-24(31)19-7-11-21(26)12-8-19/h5-17H,3-4H2,1-2H3,(H,28,31)(H,29,32)/b27-17-. The maximum atomic E-state index is 13.0. The molecule has 3 rings (SSSR count). The fourth-order valence-corrected chi connectivity index (χ4v) is 3.10. The Kier molecular flexibility index (Phi) is 7.70. The molecule has 7 heteroatoms. The Balaban J connectivity index is 1.54. The second kappa shape index (κ2) is 10.9. The van der Waals surface area contributed by atoms with Crippen LogP contribution in [0.4, 0.5) is 15.8 Å². The van der Waals surface area contributed by atoms with E-state index in [0.717, 1.165) is 24.3 Å². The minimum atomic E-state index is -0.406. The highest BCUT2D eigenvalue weighted by Gasteiger charge is 2.08. The molecule has 3 aromatic rings. The van der Waals surface area contributed by atoms with Gasteiger partial charge in [-0.1, -0.05) is 12.1 Å². The number of benzene rings is 3. The number of hydrogen-bond donors (Lipinski definition) is 2. The van der Waals surface area contributed by atoms with Crippen LogP contribution < -0.4 is 15.6 Å². The predicted molar refractivity (Wildman–Crippen MR) is 126 cm³/mol. The van der Waals surface area contributed by atoms with Gasteiger partial charge in [-0.05, 0) is 80.1 Å². The average Bonchev–Trinajstić information content (AvgIpc) is 2.81. The monoisotopic (exact) mass is 432 g/mol. The number of nitrogens with one attached hydrogen (secondary N) is 2. The van der Waals surface area contributed by atoms with Gasteiger partial charge in [-0.25, -0.2) is 9.82 Å². The summed E-state index contributed by atoms with van der Waals surface area (Å²) in [7, 11) is 0. The smallest absolute Gasteiger partial charge is 0.271 e. The Morgan fingerprint density at radius 1 is 0.844 bits per heavy atom. The van der Waals surface area contributed by atoms with Crippen LogP contribution >= 0.6 is 0 Å². The molecule has 0 heterocycles. The summed E-state index contributed by atoms with van der Waals surface area (Å²) >= 11 is 0. The minimum Gasteiger partial charge on any atom is -0.372 e. The number of halogens is 1. The molecule has 0 radical (unpaired) electrons. The zero-order valence-electron chi connectivity index (χ0n) is 18.0. The zero-order chi connectivity index (χ0) is 22.9. The molecule has 0 saturated heterocycles. The maximum Gasteiger partial charge on any atom is 0.271 e. The van der Waals surface area contributed by atoms with E-state index >= 15 is 0 Å². The van der Waals surface area contributed by atoms with E-state index in [0.29, 0.717) is 16.8 Å². The normalized spacial score (nSPS) is 10.7. The van der Waals surface area contributed by atoms with Gasteiger partial charge in [0.25, 0.3) is 11.8 Å². The molecule has 0 unspecified atom stereocenters. The third kappa shape index (κ3) is 6.01. The predicted octanol–water partition coefficient (Wildman–Crippen LogP) is 4.69. The quantitative estimate of drug-likeness (QED) is 0.401. The third-order valence-electron chi connectivity index (χ3n) is 4.91. The van der Waals surface area contributed by atoms with Gasteiger partial charge in [0, 0.05) is 35.6 Å². The van der Waals surface area contributed by atoms with Gasteiger partial charge in [0.1, 0.15) is 5.82 Å². The van der Waals surface area contributed by atoms with Crippen molar-refractivity contribution >= 4 is 29.4 Å². The van der Waals surface area contributed by atoms with Gasteiger partial charge in [0.05, 0.1) is 6.21 Å². The average molecular weight is 432 g/mol. The number of amides is 2. The molecule has 3 aromatic carbocycles. The molecular formula is C25H25FN4O2. The first-order chi connectivity index (χ1) is 15.5. The second-order valence-electron chi connectivity index (χ2n) is 7.00. The van der Waals surface area contributed by atoms with Crippen molar-refractivity contribution < 1.29 is 14.0 Å². The highest BCUT2D eigenvalue weighted by atomic mass is 19.1. The van der Waals surface area contributed by atoms with Gasteiger partial charge < -0.3 is 10.2 Å². The zero-order valence-corrected chi connectivity index (χ0v) is 18.0. The molecule has 0 spiro atoms. The first kappa shape index (κ1) is 22.7. The molecule has 0 atom stereocenters. The molecule has 2 amide bonds. The number of anilines is 2. The number of carbonyl (C=O) groups excluding carboxylic acids is 2. The lowest BCUT2D eigenvalue weighted by Crippen LogP contribution is -2.21. The summed E-state index contributed by atoms with van der Waals surface area (Å²) in [5, 5.41) is 6.71. The van der Waals surface area contributed by atoms with Crippen molar-refractivity contribution in [1.29, 1.82) is 0 Å². The van der Waals surface area contributed by atoms with Crippen molar-refractivity contribution in [3.05, 3.63) is 95.3 Å². The topological polar surface area (TPSA) is 73.8 Å². The Morgan fingerprint density at radius 2 is 1.41 bits per heavy atom. The van der Waals surface area contributed by atoms with Crippen LogP contribution in [0, 0.1) is 5.82 Å². The molecule has 0 fully saturated rings. The molecule has 6 nitrogen and oxygen atoms in total. The summed E-state index contributed by atoms with van der Waals surface area (Å²) in [4.78, 5) is 26.7. The van der Waals surface area contributed by atoms with E-state index in [-0.39, 0.29) is 11.8 Å². The van der Waals surface area contributed by atoms with E-state index in [1.54, 1.807) is 30.5 Å². The van der Waals surface area contributed by atoms with E-state index in [1.165, 1.54) is 24.3 Å². The highest BCUT2D eigenvalue weighted by molar-refractivity contribution is 6.04. The van der Waals surface area contributed by atoms with Gasteiger partial charge in [-0.3, -0.25) is 9.59 Å². The second-order valence-corrected chi connectivity index (χ2v) is 7.00. The molecule has 0 bridgehead atoms. The fourth-order valence-electron chi connectivity index (χ4n) is 3.10. The largest absolute Gasteiger partial charge is 0.372 e. The van der Waals surface area contributed by atoms with Crippen LogP contribution in [0.5, 0.6) is 0 Å². The van der Waals surface area contributed by atoms with Crippen LogP contribution in [0.25, 0.3) is 0 Å². The SMILES string of the molecule is CCN(CC)c1ccc(/C=N\NC(=O)c2ccc(NC(=O)c3ccc(F)cc3)cc2)cc1. The molecule has 0 aromatic heterocycles. The number of hydrazone groups is 1. The summed E-state index contributed by atoms with van der Waals surface area (Å²) in [6, 6.07) is 19.6. The van der Waals surface area contributed by atoms with E-state index < -0.39 is 5.82 Å². The third-order valence-corrected chi connectivity index (χ3v) is 4.91. The van der Waals surface area contributed by atoms with Gasteiger partial charge >= 0.3 is 0 Å². The fraction of sp³-hybridized carbons (Fsp3) is 0.160. The van der Waals surface area contributed by atoms with Crippen LogP contribution in [0.2, 0.25) is 0 Å². The summed E-state index contributed by atoms with van der Waals surface area (Å²) in [5.41, 5.74) is 5.78. The van der Waals surface area contributed by atoms with Crippen molar-refractivity contribution in [2.75, 3.05) is 23.3 Å². The van der Waals surface area contributed by atoms with Gasteiger partial charge in [0.15, 0.2) is 0 Å². The number of carbonyl (C=O) groups is 2. The molecule has 32 heavy (non-hydrogen) atoms. The van der Waals surface area contributed by atoms with Crippen molar-refractivity contribution in [3.8, 4) is 0 Å². The Morgan fingerprint density at radius 3 is 2.00 bits per heavy atom. The molecule has 0 saturated carbocycles. The number of nitrogens with zero attached hydrogens (tertiary/aromatic N) is 2. The van der Waals surface area contributed by atoms with E-state index in [4.69, 9.17) is 0 Å². The van der Waals surface area contributed by atoms with Crippen LogP contribution in [0.15, 0.2) is 77.9 Å². The lowest BCUT2D eigenvalue weighted by molar-refractivity contribution is 0.0954. The number of hydrogen-bond acceptors (Lipinski definition) is 4. The highest BCUT2D eigenvalue weighted by Crippen LogP contribution is 2.14. The molecule has 2 N–H and O–H groups in total. The molecule has 0 aliphatic rings. The first-order valence-electron chi connectivity index (χ1n) is 10.4. The van der Waals surface area contributed by atoms with Crippen LogP contribution in [0.1, 0.15) is 40.1 Å². The van der Waals surface area contributed by atoms with Gasteiger partial charge in [-0.15, -0.1) is 0 Å². The summed E-state index contributed by atoms with van der Waals surface area (Å²) in [5.74, 6) is -1.13. The maximum absolute atomic E-state index is 13.0. The van der Waals surface area contributed by atoms with E-state index in [1.807, 2.05) is 24.3 Å². The molecular weight excluding hydrogens is 407 g/mol. The summed E-state index contributed by atoms with van der Waals surface area (Å²) < 4.78 is 13.0. The van der Waals surface area contributed by atoms with Crippen molar-refractivity contribution in [1.82, 2.24) is 5.43 Å². The van der Waals surface area contributed by atoms with E-state index in [2.05, 4.69) is 34.6 Å². The Labute approximate surface area is 186 Å². The minimum absolute atomic E-state index is 0.340. The lowest BCUT2D eigenvalue weighted by Gasteiger charge is -2.20. The van der Waals surface area contributed by atoms with Gasteiger partial charge in [-0.2, -0.15) is 5.10 Å². The molecule has 0 aliphatic carbocycles. The summed E-state index contributed by atoms with van der Waals surface area (Å²) in [6.07, 6.45) is 1.58. The summed E-state index contributed by atoms with van der Waals surface area (Å²) in [6.45, 7) is 6.10. The Hall–Kier alpha value is -4.00. The van der Waals surface area contributed by atoms with Crippen molar-refractivity contribution in [3.63, 3.8) is 0 Å².